The van der Waals surface area contributed by atoms with Gasteiger partial charge in [-0.2, -0.15) is 0 Å². The van der Waals surface area contributed by atoms with Gasteiger partial charge in [0.2, 0.25) is 0 Å². The lowest BCUT2D eigenvalue weighted by Gasteiger charge is -2.48. The minimum Gasteiger partial charge on any atom is -0.390 e. The van der Waals surface area contributed by atoms with E-state index in [-0.39, 0.29) is 5.92 Å². The molecule has 0 unspecified atom stereocenters. The molecule has 3 nitrogen and oxygen atoms in total. The molecule has 0 aromatic heterocycles. The van der Waals surface area contributed by atoms with Crippen LogP contribution in [0.3, 0.4) is 0 Å². The van der Waals surface area contributed by atoms with Crippen molar-refractivity contribution < 1.29 is 14.8 Å². The third kappa shape index (κ3) is 3.78. The fourth-order valence-electron chi connectivity index (χ4n) is 4.42. The summed E-state index contributed by atoms with van der Waals surface area (Å²) < 4.78 is 15.0. The number of rotatable bonds is 9. The van der Waals surface area contributed by atoms with Gasteiger partial charge in [0.25, 0.3) is 0 Å². The smallest absolute Gasteiger partial charge is 0.151 e. The van der Waals surface area contributed by atoms with Crippen molar-refractivity contribution >= 4 is 17.8 Å². The Morgan fingerprint density at radius 1 is 0.889 bits per heavy atom. The number of hydrogen-bond donors (Lipinski definition) is 2. The summed E-state index contributed by atoms with van der Waals surface area (Å²) >= 11 is 0. The van der Waals surface area contributed by atoms with Crippen LogP contribution in [-0.2, 0) is 4.57 Å². The van der Waals surface area contributed by atoms with Crippen molar-refractivity contribution in [3.8, 4) is 0 Å². The molecular weight excluding hydrogens is 355 g/mol. The van der Waals surface area contributed by atoms with E-state index in [1.54, 1.807) is 0 Å². The largest absolute Gasteiger partial charge is 0.390 e. The Bertz CT molecular complexity index is 701. The third-order valence-corrected chi connectivity index (χ3v) is 10.2. The van der Waals surface area contributed by atoms with E-state index in [0.717, 1.165) is 17.0 Å². The highest BCUT2D eigenvalue weighted by Gasteiger charge is 2.56. The van der Waals surface area contributed by atoms with Crippen LogP contribution in [0.5, 0.6) is 0 Å². The molecule has 0 fully saturated rings. The number of hydrogen-bond acceptors (Lipinski definition) is 3. The first-order valence-electron chi connectivity index (χ1n) is 9.93. The molecule has 27 heavy (non-hydrogen) atoms. The van der Waals surface area contributed by atoms with E-state index >= 15 is 0 Å². The summed E-state index contributed by atoms with van der Waals surface area (Å²) in [5, 5.41) is 22.6. The molecule has 2 rings (SSSR count). The molecule has 0 spiro atoms. The van der Waals surface area contributed by atoms with E-state index in [0.29, 0.717) is 12.8 Å². The first-order valence-corrected chi connectivity index (χ1v) is 11.6. The number of aliphatic hydroxyl groups is 2. The van der Waals surface area contributed by atoms with E-state index in [2.05, 4.69) is 0 Å². The van der Waals surface area contributed by atoms with Crippen LogP contribution >= 0.6 is 7.14 Å². The van der Waals surface area contributed by atoms with E-state index < -0.39 is 24.5 Å². The van der Waals surface area contributed by atoms with Crippen molar-refractivity contribution in [1.29, 1.82) is 0 Å². The molecule has 148 valence electrons. The monoisotopic (exact) mass is 388 g/mol. The van der Waals surface area contributed by atoms with Crippen molar-refractivity contribution in [2.45, 2.75) is 64.3 Å². The molecule has 4 heteroatoms. The fraction of sp³-hybridized carbons (Fsp3) is 0.478. The summed E-state index contributed by atoms with van der Waals surface area (Å²) in [5.41, 5.74) is 0. The number of aliphatic hydroxyl groups excluding tert-OH is 2. The van der Waals surface area contributed by atoms with Gasteiger partial charge in [-0.25, -0.2) is 0 Å². The Morgan fingerprint density at radius 2 is 1.33 bits per heavy atom. The third-order valence-electron chi connectivity index (χ3n) is 5.85. The van der Waals surface area contributed by atoms with Crippen LogP contribution in [0.2, 0.25) is 0 Å². The maximum Gasteiger partial charge on any atom is 0.151 e. The molecule has 0 saturated heterocycles. The van der Waals surface area contributed by atoms with Crippen LogP contribution in [0.1, 0.15) is 47.0 Å². The molecule has 0 aliphatic carbocycles. The first-order chi connectivity index (χ1) is 12.9. The SMILES string of the molecule is CCC[C@@H](O)[C@H](O)[C@](CC)(C(C)C)P(=O)(c1ccccc1)c1ccccc1. The predicted octanol–water partition coefficient (Wildman–Crippen LogP) is 4.33. The standard InChI is InChI=1S/C23H33O3P/c1-5-13-21(24)22(25)23(6-2,18(3)4)27(26,19-14-9-7-10-15-19)20-16-11-8-12-17-20/h7-12,14-18,21-22,24-25H,5-6,13H2,1-4H3/t21-,22+,23+/m1/s1. The molecule has 0 radical (unpaired) electrons. The molecule has 0 amide bonds. The molecule has 0 heterocycles. The van der Waals surface area contributed by atoms with E-state index in [1.165, 1.54) is 0 Å². The van der Waals surface area contributed by atoms with Gasteiger partial charge < -0.3 is 14.8 Å². The molecular formula is C23H33O3P. The summed E-state index contributed by atoms with van der Waals surface area (Å²) in [6.45, 7) is 7.96. The van der Waals surface area contributed by atoms with Crippen molar-refractivity contribution in [3.05, 3.63) is 60.7 Å². The van der Waals surface area contributed by atoms with Crippen LogP contribution in [-0.4, -0.2) is 27.6 Å². The maximum absolute atomic E-state index is 15.0. The van der Waals surface area contributed by atoms with Gasteiger partial charge in [0.1, 0.15) is 0 Å². The Kier molecular flexibility index (Phi) is 7.45. The first kappa shape index (κ1) is 21.9. The Labute approximate surface area is 163 Å². The van der Waals surface area contributed by atoms with Crippen LogP contribution < -0.4 is 10.6 Å². The van der Waals surface area contributed by atoms with E-state index in [9.17, 15) is 14.8 Å². The van der Waals surface area contributed by atoms with E-state index in [1.807, 2.05) is 88.4 Å². The second kappa shape index (κ2) is 9.19. The lowest BCUT2D eigenvalue weighted by molar-refractivity contribution is -0.0240. The second-order valence-corrected chi connectivity index (χ2v) is 10.7. The van der Waals surface area contributed by atoms with Gasteiger partial charge in [-0.1, -0.05) is 94.8 Å². The minimum atomic E-state index is -3.27. The highest BCUT2D eigenvalue weighted by molar-refractivity contribution is 7.80. The molecule has 2 N–H and O–H groups in total. The fourth-order valence-corrected chi connectivity index (χ4v) is 8.58. The van der Waals surface area contributed by atoms with Crippen molar-refractivity contribution in [3.63, 3.8) is 0 Å². The van der Waals surface area contributed by atoms with Crippen molar-refractivity contribution in [2.24, 2.45) is 5.92 Å². The average molecular weight is 388 g/mol. The lowest BCUT2D eigenvalue weighted by Crippen LogP contribution is -2.55. The Hall–Kier alpha value is -1.41. The zero-order chi connectivity index (χ0) is 20.1. The molecule has 0 bridgehead atoms. The summed E-state index contributed by atoms with van der Waals surface area (Å²) in [5.74, 6) is -0.0877. The zero-order valence-electron chi connectivity index (χ0n) is 16.9. The topological polar surface area (TPSA) is 57.5 Å². The van der Waals surface area contributed by atoms with E-state index in [4.69, 9.17) is 0 Å². The van der Waals surface area contributed by atoms with Crippen LogP contribution in [0.25, 0.3) is 0 Å². The summed E-state index contributed by atoms with van der Waals surface area (Å²) in [6, 6.07) is 18.9. The maximum atomic E-state index is 15.0. The Morgan fingerprint density at radius 3 is 1.67 bits per heavy atom. The predicted molar refractivity (Wildman–Crippen MR) is 115 cm³/mol. The number of benzene rings is 2. The van der Waals surface area contributed by atoms with Crippen LogP contribution in [0.4, 0.5) is 0 Å². The van der Waals surface area contributed by atoms with Gasteiger partial charge in [0, 0.05) is 10.6 Å². The van der Waals surface area contributed by atoms with Gasteiger partial charge in [0.15, 0.2) is 7.14 Å². The molecule has 2 aromatic rings. The molecule has 0 aliphatic heterocycles. The summed E-state index contributed by atoms with van der Waals surface area (Å²) in [4.78, 5) is 0. The van der Waals surface area contributed by atoms with Crippen molar-refractivity contribution in [1.82, 2.24) is 0 Å². The van der Waals surface area contributed by atoms with Gasteiger partial charge in [-0.3, -0.25) is 0 Å². The zero-order valence-corrected chi connectivity index (χ0v) is 17.8. The highest BCUT2D eigenvalue weighted by atomic mass is 31.2. The molecule has 2 aromatic carbocycles. The summed E-state index contributed by atoms with van der Waals surface area (Å²) in [6.07, 6.45) is -0.226. The normalized spacial score (nSPS) is 16.7. The second-order valence-electron chi connectivity index (χ2n) is 7.58. The quantitative estimate of drug-likeness (QED) is 0.629. The van der Waals surface area contributed by atoms with Crippen LogP contribution in [0, 0.1) is 5.92 Å². The van der Waals surface area contributed by atoms with Crippen LogP contribution in [0.15, 0.2) is 60.7 Å². The minimum absolute atomic E-state index is 0.0877. The van der Waals surface area contributed by atoms with Crippen molar-refractivity contribution in [2.75, 3.05) is 0 Å². The molecule has 0 aliphatic rings. The average Bonchev–Trinajstić information content (AvgIpc) is 2.69. The van der Waals surface area contributed by atoms with Gasteiger partial charge in [-0.15, -0.1) is 0 Å². The summed E-state index contributed by atoms with van der Waals surface area (Å²) in [7, 11) is -3.27. The highest BCUT2D eigenvalue weighted by Crippen LogP contribution is 2.63. The molecule has 0 saturated carbocycles. The molecule has 3 atom stereocenters. The van der Waals surface area contributed by atoms with Gasteiger partial charge >= 0.3 is 0 Å². The lowest BCUT2D eigenvalue weighted by atomic mass is 9.83. The Balaban J connectivity index is 2.82. The van der Waals surface area contributed by atoms with Gasteiger partial charge in [0.05, 0.1) is 17.4 Å². The van der Waals surface area contributed by atoms with Gasteiger partial charge in [-0.05, 0) is 18.8 Å².